The summed E-state index contributed by atoms with van der Waals surface area (Å²) < 4.78 is 106. The van der Waals surface area contributed by atoms with Gasteiger partial charge in [-0.25, -0.2) is 13.4 Å². The maximum Gasteiger partial charge on any atom is 0.511 e. The number of sulfonamides is 1. The lowest BCUT2D eigenvalue weighted by Crippen LogP contribution is -2.49. The number of nitrogens with one attached hydrogen (secondary N) is 1. The molecule has 0 radical (unpaired) electrons. The smallest absolute Gasteiger partial charge is 0.489 e. The van der Waals surface area contributed by atoms with Crippen molar-refractivity contribution in [2.75, 3.05) is 13.1 Å². The van der Waals surface area contributed by atoms with Crippen LogP contribution in [0.5, 0.6) is 5.75 Å². The fraction of sp³-hybridized carbons (Fsp3) is 0.500. The van der Waals surface area contributed by atoms with Gasteiger partial charge in [0.05, 0.1) is 6.54 Å². The number of hydrogen-bond donors (Lipinski definition) is 1. The summed E-state index contributed by atoms with van der Waals surface area (Å²) >= 11 is 0. The van der Waals surface area contributed by atoms with Crippen LogP contribution in [-0.2, 0) is 20.5 Å². The van der Waals surface area contributed by atoms with Gasteiger partial charge in [0.25, 0.3) is 5.66 Å². The Kier molecular flexibility index (Phi) is 5.00. The van der Waals surface area contributed by atoms with E-state index in [4.69, 9.17) is 4.74 Å². The molecule has 1 aromatic rings. The van der Waals surface area contributed by atoms with E-state index in [1.807, 2.05) is 0 Å². The molecule has 0 saturated carbocycles. The third-order valence-corrected chi connectivity index (χ3v) is 5.83. The first-order valence-corrected chi connectivity index (χ1v) is 9.18. The number of ether oxygens (including phenoxy) is 1. The Balaban J connectivity index is 1.70. The summed E-state index contributed by atoms with van der Waals surface area (Å²) in [7, 11) is -5.45. The molecule has 2 heterocycles. The molecule has 0 aromatic heterocycles. The highest BCUT2D eigenvalue weighted by atomic mass is 32.2. The number of nitrogens with zero attached hydrogens (tertiary/aromatic N) is 2. The van der Waals surface area contributed by atoms with Gasteiger partial charge < -0.3 is 9.57 Å². The zero-order valence-corrected chi connectivity index (χ0v) is 14.6. The third-order valence-electron chi connectivity index (χ3n) is 4.23. The first-order chi connectivity index (χ1) is 12.9. The predicted molar refractivity (Wildman–Crippen MR) is 82.5 cm³/mol. The highest BCUT2D eigenvalue weighted by Gasteiger charge is 2.59. The molecule has 2 aliphatic heterocycles. The Labute approximate surface area is 154 Å². The van der Waals surface area contributed by atoms with Gasteiger partial charge in [-0.2, -0.15) is 30.6 Å². The van der Waals surface area contributed by atoms with Crippen LogP contribution in [0.3, 0.4) is 0 Å². The zero-order valence-electron chi connectivity index (χ0n) is 13.8. The van der Waals surface area contributed by atoms with Gasteiger partial charge >= 0.3 is 21.7 Å². The van der Waals surface area contributed by atoms with E-state index in [2.05, 4.69) is 9.83 Å². The maximum absolute atomic E-state index is 13.3. The van der Waals surface area contributed by atoms with E-state index >= 15 is 0 Å². The highest BCUT2D eigenvalue weighted by Crippen LogP contribution is 2.42. The van der Waals surface area contributed by atoms with Crippen LogP contribution in [0, 0.1) is 0 Å². The molecular formula is C14H13F6N3O4S. The lowest BCUT2D eigenvalue weighted by Gasteiger charge is -2.27. The summed E-state index contributed by atoms with van der Waals surface area (Å²) in [6.45, 7) is -0.895. The van der Waals surface area contributed by atoms with Crippen LogP contribution < -0.4 is 10.2 Å². The highest BCUT2D eigenvalue weighted by molar-refractivity contribution is 7.90. The van der Waals surface area contributed by atoms with Gasteiger partial charge in [0.1, 0.15) is 11.9 Å². The summed E-state index contributed by atoms with van der Waals surface area (Å²) in [5, 5.41) is 0. The number of halogens is 6. The first-order valence-electron chi connectivity index (χ1n) is 7.74. The summed E-state index contributed by atoms with van der Waals surface area (Å²) in [5.74, 6) is 0.0697. The van der Waals surface area contributed by atoms with Gasteiger partial charge in [0.2, 0.25) is 0 Å². The molecule has 0 aliphatic carbocycles. The van der Waals surface area contributed by atoms with Crippen LogP contribution in [0.25, 0.3) is 0 Å². The molecule has 3 rings (SSSR count). The Hall–Kier alpha value is -2.06. The number of benzene rings is 1. The van der Waals surface area contributed by atoms with Crippen LogP contribution in [-0.4, -0.2) is 50.0 Å². The van der Waals surface area contributed by atoms with Gasteiger partial charge in [-0.15, -0.1) is 5.48 Å². The summed E-state index contributed by atoms with van der Waals surface area (Å²) in [5.41, 5.74) is -6.70. The third kappa shape index (κ3) is 3.51. The summed E-state index contributed by atoms with van der Waals surface area (Å²) in [6, 6.07) is 4.50. The van der Waals surface area contributed by atoms with Crippen molar-refractivity contribution in [3.05, 3.63) is 29.8 Å². The lowest BCUT2D eigenvalue weighted by atomic mass is 10.0. The van der Waals surface area contributed by atoms with Crippen molar-refractivity contribution in [3.63, 3.8) is 0 Å². The molecule has 0 amide bonds. The van der Waals surface area contributed by atoms with Crippen LogP contribution in [0.4, 0.5) is 26.3 Å². The predicted octanol–water partition coefficient (Wildman–Crippen LogP) is 2.27. The monoisotopic (exact) mass is 433 g/mol. The van der Waals surface area contributed by atoms with Crippen molar-refractivity contribution in [3.8, 4) is 5.75 Å². The van der Waals surface area contributed by atoms with Gasteiger partial charge in [0.15, 0.2) is 6.40 Å². The van der Waals surface area contributed by atoms with E-state index in [0.717, 1.165) is 12.1 Å². The summed E-state index contributed by atoms with van der Waals surface area (Å²) in [6.07, 6.45) is -5.05. The Morgan fingerprint density at radius 3 is 2.32 bits per heavy atom. The van der Waals surface area contributed by atoms with Crippen molar-refractivity contribution in [1.82, 2.24) is 9.79 Å². The molecule has 7 nitrogen and oxygen atoms in total. The Morgan fingerprint density at radius 1 is 1.18 bits per heavy atom. The molecule has 2 aliphatic rings. The van der Waals surface area contributed by atoms with E-state index in [1.165, 1.54) is 12.1 Å². The lowest BCUT2D eigenvalue weighted by molar-refractivity contribution is -0.212. The number of hydrogen-bond acceptors (Lipinski definition) is 6. The minimum Gasteiger partial charge on any atom is -0.489 e. The van der Waals surface area contributed by atoms with Crippen LogP contribution in [0.15, 0.2) is 29.3 Å². The minimum absolute atomic E-state index is 0.00321. The van der Waals surface area contributed by atoms with Gasteiger partial charge in [-0.1, -0.05) is 12.1 Å². The normalized spacial score (nSPS) is 26.4. The van der Waals surface area contributed by atoms with E-state index in [9.17, 15) is 34.8 Å². The zero-order chi connectivity index (χ0) is 20.8. The Bertz CT molecular complexity index is 855. The number of rotatable bonds is 4. The fourth-order valence-corrected chi connectivity index (χ4v) is 3.80. The van der Waals surface area contributed by atoms with Crippen LogP contribution in [0.1, 0.15) is 12.0 Å². The molecule has 28 heavy (non-hydrogen) atoms. The summed E-state index contributed by atoms with van der Waals surface area (Å²) in [4.78, 5) is 7.70. The first kappa shape index (κ1) is 20.7. The molecule has 1 aromatic carbocycles. The average molecular weight is 433 g/mol. The molecule has 2 unspecified atom stereocenters. The molecule has 14 heteroatoms. The van der Waals surface area contributed by atoms with Crippen LogP contribution >= 0.6 is 0 Å². The number of alkyl halides is 6. The quantitative estimate of drug-likeness (QED) is 0.737. The Morgan fingerprint density at radius 2 is 1.82 bits per heavy atom. The molecule has 0 spiro atoms. The van der Waals surface area contributed by atoms with Crippen molar-refractivity contribution in [1.29, 1.82) is 0 Å². The number of aliphatic imine (C=N–C) groups is 1. The second-order valence-corrected chi connectivity index (χ2v) is 7.95. The van der Waals surface area contributed by atoms with Crippen molar-refractivity contribution in [2.45, 2.75) is 29.9 Å². The molecule has 1 fully saturated rings. The van der Waals surface area contributed by atoms with Crippen molar-refractivity contribution >= 4 is 16.4 Å². The van der Waals surface area contributed by atoms with E-state index < -0.39 is 40.0 Å². The van der Waals surface area contributed by atoms with Crippen molar-refractivity contribution in [2.24, 2.45) is 4.99 Å². The molecule has 156 valence electrons. The van der Waals surface area contributed by atoms with Crippen molar-refractivity contribution < 1.29 is 44.3 Å². The molecule has 1 N–H and O–H groups in total. The van der Waals surface area contributed by atoms with Gasteiger partial charge in [-0.05, 0) is 18.6 Å². The van der Waals surface area contributed by atoms with Crippen LogP contribution in [0.2, 0.25) is 0 Å². The van der Waals surface area contributed by atoms with E-state index in [1.54, 1.807) is 5.48 Å². The standard InChI is InChI=1S/C14H13F6N3O4S/c15-13(16,17)12(21-8-26-22-12)9-1-3-10(4-2-9)27-11-5-6-23(7-11)28(24,25)14(18,19)20/h1-4,8,11,22H,5-7H2. The second kappa shape index (κ2) is 6.77. The maximum atomic E-state index is 13.3. The molecular weight excluding hydrogens is 420 g/mol. The van der Waals surface area contributed by atoms with Gasteiger partial charge in [-0.3, -0.25) is 0 Å². The van der Waals surface area contributed by atoms with Gasteiger partial charge in [0, 0.05) is 12.1 Å². The van der Waals surface area contributed by atoms with E-state index in [-0.39, 0.29) is 28.6 Å². The minimum atomic E-state index is -5.45. The fourth-order valence-electron chi connectivity index (χ4n) is 2.80. The molecule has 2 atom stereocenters. The van der Waals surface area contributed by atoms with E-state index in [0.29, 0.717) is 6.40 Å². The molecule has 1 saturated heterocycles. The average Bonchev–Trinajstić information content (AvgIpc) is 3.24. The SMILES string of the molecule is O=S(=O)(N1CCC(Oc2ccc(C3(C(F)(F)F)N=CON3)cc2)C1)C(F)(F)F. The second-order valence-electron chi connectivity index (χ2n) is 6.02. The molecule has 0 bridgehead atoms. The number of hydroxylamine groups is 1. The topological polar surface area (TPSA) is 80.2 Å². The largest absolute Gasteiger partial charge is 0.511 e.